The smallest absolute Gasteiger partial charge is 0.0725 e. The number of nitrogens with two attached hydrogens (primary N) is 1. The van der Waals surface area contributed by atoms with Gasteiger partial charge in [0.15, 0.2) is 0 Å². The molecular formula is C12H12N2. The molecule has 0 amide bonds. The Bertz CT molecular complexity index is 450. The van der Waals surface area contributed by atoms with E-state index in [1.165, 1.54) is 5.56 Å². The Hall–Kier alpha value is -1.83. The quantitative estimate of drug-likeness (QED) is 0.692. The summed E-state index contributed by atoms with van der Waals surface area (Å²) in [6, 6.07) is 11.8. The van der Waals surface area contributed by atoms with E-state index in [9.17, 15) is 0 Å². The lowest BCUT2D eigenvalue weighted by Crippen LogP contribution is -1.91. The van der Waals surface area contributed by atoms with Crippen LogP contribution < -0.4 is 5.73 Å². The first-order chi connectivity index (χ1) is 6.77. The Morgan fingerprint density at radius 3 is 2.64 bits per heavy atom. The second-order valence-corrected chi connectivity index (χ2v) is 3.31. The molecule has 2 aromatic rings. The monoisotopic (exact) mass is 184 g/mol. The molecule has 0 radical (unpaired) electrons. The third kappa shape index (κ3) is 1.59. The Labute approximate surface area is 83.4 Å². The van der Waals surface area contributed by atoms with Gasteiger partial charge in [0.1, 0.15) is 0 Å². The molecule has 2 heteroatoms. The molecule has 1 heterocycles. The summed E-state index contributed by atoms with van der Waals surface area (Å²) in [6.07, 6.45) is 1.80. The molecule has 70 valence electrons. The van der Waals surface area contributed by atoms with Gasteiger partial charge >= 0.3 is 0 Å². The lowest BCUT2D eigenvalue weighted by atomic mass is 10.1. The fourth-order valence-electron chi connectivity index (χ4n) is 1.41. The maximum atomic E-state index is 5.86. The van der Waals surface area contributed by atoms with Crippen molar-refractivity contribution in [2.24, 2.45) is 0 Å². The van der Waals surface area contributed by atoms with E-state index < -0.39 is 0 Å². The van der Waals surface area contributed by atoms with Crippen LogP contribution in [0.15, 0.2) is 42.6 Å². The minimum atomic E-state index is 0.769. The predicted octanol–water partition coefficient (Wildman–Crippen LogP) is 2.64. The zero-order valence-corrected chi connectivity index (χ0v) is 8.07. The Morgan fingerprint density at radius 1 is 1.14 bits per heavy atom. The van der Waals surface area contributed by atoms with Crippen molar-refractivity contribution in [1.82, 2.24) is 4.98 Å². The molecule has 0 fully saturated rings. The van der Waals surface area contributed by atoms with E-state index in [2.05, 4.69) is 4.98 Å². The Kier molecular flexibility index (Phi) is 2.19. The van der Waals surface area contributed by atoms with Crippen LogP contribution in [0.4, 0.5) is 5.69 Å². The molecule has 2 N–H and O–H groups in total. The fraction of sp³-hybridized carbons (Fsp3) is 0.0833. The van der Waals surface area contributed by atoms with Crippen LogP contribution in [-0.4, -0.2) is 4.98 Å². The summed E-state index contributed by atoms with van der Waals surface area (Å²) in [7, 11) is 0. The number of hydrogen-bond acceptors (Lipinski definition) is 2. The average molecular weight is 184 g/mol. The summed E-state index contributed by atoms with van der Waals surface area (Å²) in [5, 5.41) is 0. The molecule has 14 heavy (non-hydrogen) atoms. The molecule has 0 aliphatic carbocycles. The van der Waals surface area contributed by atoms with E-state index in [-0.39, 0.29) is 0 Å². The number of rotatable bonds is 1. The number of nitrogen functional groups attached to an aromatic ring is 1. The third-order valence-corrected chi connectivity index (χ3v) is 2.15. The van der Waals surface area contributed by atoms with Gasteiger partial charge in [-0.1, -0.05) is 18.2 Å². The third-order valence-electron chi connectivity index (χ3n) is 2.15. The van der Waals surface area contributed by atoms with Gasteiger partial charge in [0.2, 0.25) is 0 Å². The van der Waals surface area contributed by atoms with Crippen molar-refractivity contribution in [1.29, 1.82) is 0 Å². The molecule has 0 atom stereocenters. The van der Waals surface area contributed by atoms with Gasteiger partial charge in [0.05, 0.1) is 5.69 Å². The summed E-state index contributed by atoms with van der Waals surface area (Å²) in [5.41, 5.74) is 9.75. The van der Waals surface area contributed by atoms with Gasteiger partial charge in [-0.3, -0.25) is 4.98 Å². The van der Waals surface area contributed by atoms with Crippen molar-refractivity contribution in [3.05, 3.63) is 48.2 Å². The van der Waals surface area contributed by atoms with Crippen LogP contribution in [0.1, 0.15) is 5.56 Å². The molecule has 0 bridgehead atoms. The normalized spacial score (nSPS) is 10.1. The molecule has 0 spiro atoms. The minimum Gasteiger partial charge on any atom is -0.398 e. The molecule has 0 unspecified atom stereocenters. The number of anilines is 1. The van der Waals surface area contributed by atoms with Crippen molar-refractivity contribution in [3.63, 3.8) is 0 Å². The maximum Gasteiger partial charge on any atom is 0.0725 e. The largest absolute Gasteiger partial charge is 0.398 e. The molecule has 2 rings (SSSR count). The second kappa shape index (κ2) is 3.50. The van der Waals surface area contributed by atoms with Gasteiger partial charge in [-0.15, -0.1) is 0 Å². The van der Waals surface area contributed by atoms with Crippen molar-refractivity contribution < 1.29 is 0 Å². The van der Waals surface area contributed by atoms with Gasteiger partial charge in [-0.2, -0.15) is 0 Å². The number of nitrogens with zero attached hydrogens (tertiary/aromatic N) is 1. The molecular weight excluding hydrogens is 172 g/mol. The van der Waals surface area contributed by atoms with Crippen LogP contribution in [0.3, 0.4) is 0 Å². The standard InChI is InChI=1S/C12H12N2/c1-9-6-7-14-12(8-9)10-4-2-3-5-11(10)13/h2-8H,13H2,1H3. The number of benzene rings is 1. The highest BCUT2D eigenvalue weighted by Crippen LogP contribution is 2.23. The highest BCUT2D eigenvalue weighted by molar-refractivity contribution is 5.73. The van der Waals surface area contributed by atoms with Gasteiger partial charge < -0.3 is 5.73 Å². The average Bonchev–Trinajstić information content (AvgIpc) is 2.18. The van der Waals surface area contributed by atoms with Gasteiger partial charge in [-0.05, 0) is 30.7 Å². The van der Waals surface area contributed by atoms with E-state index in [4.69, 9.17) is 5.73 Å². The topological polar surface area (TPSA) is 38.9 Å². The first kappa shape index (κ1) is 8.75. The highest BCUT2D eigenvalue weighted by atomic mass is 14.7. The van der Waals surface area contributed by atoms with Gasteiger partial charge in [0.25, 0.3) is 0 Å². The highest BCUT2D eigenvalue weighted by Gasteiger charge is 2.01. The molecule has 0 aliphatic rings. The summed E-state index contributed by atoms with van der Waals surface area (Å²) in [4.78, 5) is 4.29. The van der Waals surface area contributed by atoms with E-state index in [1.807, 2.05) is 43.3 Å². The van der Waals surface area contributed by atoms with Crippen LogP contribution in [0.5, 0.6) is 0 Å². The van der Waals surface area contributed by atoms with Crippen LogP contribution in [0.25, 0.3) is 11.3 Å². The number of aromatic nitrogens is 1. The van der Waals surface area contributed by atoms with Crippen molar-refractivity contribution in [3.8, 4) is 11.3 Å². The molecule has 0 saturated carbocycles. The van der Waals surface area contributed by atoms with E-state index in [0.717, 1.165) is 16.9 Å². The van der Waals surface area contributed by atoms with E-state index >= 15 is 0 Å². The Balaban J connectivity index is 2.55. The van der Waals surface area contributed by atoms with E-state index in [0.29, 0.717) is 0 Å². The lowest BCUT2D eigenvalue weighted by molar-refractivity contribution is 1.29. The number of hydrogen-bond donors (Lipinski definition) is 1. The maximum absolute atomic E-state index is 5.86. The summed E-state index contributed by atoms with van der Waals surface area (Å²) < 4.78 is 0. The summed E-state index contributed by atoms with van der Waals surface area (Å²) >= 11 is 0. The van der Waals surface area contributed by atoms with Crippen LogP contribution in [-0.2, 0) is 0 Å². The van der Waals surface area contributed by atoms with Crippen LogP contribution in [0.2, 0.25) is 0 Å². The molecule has 2 nitrogen and oxygen atoms in total. The van der Waals surface area contributed by atoms with Crippen LogP contribution >= 0.6 is 0 Å². The molecule has 0 saturated heterocycles. The molecule has 1 aromatic heterocycles. The number of aryl methyl sites for hydroxylation is 1. The number of para-hydroxylation sites is 1. The van der Waals surface area contributed by atoms with E-state index in [1.54, 1.807) is 6.20 Å². The van der Waals surface area contributed by atoms with Crippen molar-refractivity contribution in [2.75, 3.05) is 5.73 Å². The van der Waals surface area contributed by atoms with Crippen molar-refractivity contribution in [2.45, 2.75) is 6.92 Å². The first-order valence-corrected chi connectivity index (χ1v) is 4.55. The first-order valence-electron chi connectivity index (χ1n) is 4.55. The zero-order valence-electron chi connectivity index (χ0n) is 8.07. The number of pyridine rings is 1. The van der Waals surface area contributed by atoms with Gasteiger partial charge in [0, 0.05) is 17.4 Å². The molecule has 0 aliphatic heterocycles. The van der Waals surface area contributed by atoms with Crippen LogP contribution in [0, 0.1) is 6.92 Å². The Morgan fingerprint density at radius 2 is 1.93 bits per heavy atom. The predicted molar refractivity (Wildman–Crippen MR) is 58.8 cm³/mol. The summed E-state index contributed by atoms with van der Waals surface area (Å²) in [5.74, 6) is 0. The second-order valence-electron chi connectivity index (χ2n) is 3.31. The summed E-state index contributed by atoms with van der Waals surface area (Å²) in [6.45, 7) is 2.05. The lowest BCUT2D eigenvalue weighted by Gasteiger charge is -2.04. The van der Waals surface area contributed by atoms with Gasteiger partial charge in [-0.25, -0.2) is 0 Å². The minimum absolute atomic E-state index is 0.769. The molecule has 1 aromatic carbocycles. The SMILES string of the molecule is Cc1ccnc(-c2ccccc2N)c1. The zero-order chi connectivity index (χ0) is 9.97. The van der Waals surface area contributed by atoms with Crippen molar-refractivity contribution >= 4 is 5.69 Å². The fourth-order valence-corrected chi connectivity index (χ4v) is 1.41.